The number of esters is 1. The van der Waals surface area contributed by atoms with Gasteiger partial charge in [-0.2, -0.15) is 0 Å². The minimum Gasteiger partial charge on any atom is -0.465 e. The summed E-state index contributed by atoms with van der Waals surface area (Å²) in [5.41, 5.74) is 1.36. The standard InChI is InChI=1S/C19H21N5O3/c1-13-9-14(27-22-13)12-23-5-7-24(8-6-23)18-16-10-20-11-17(19(25)26-2)15(16)3-4-21-18/h3-4,9-11H,5-8,12H2,1-2H3. The predicted molar refractivity (Wildman–Crippen MR) is 99.6 cm³/mol. The molecule has 0 atom stereocenters. The predicted octanol–water partition coefficient (Wildman–Crippen LogP) is 2.04. The highest BCUT2D eigenvalue weighted by Gasteiger charge is 2.22. The van der Waals surface area contributed by atoms with Crippen LogP contribution >= 0.6 is 0 Å². The third kappa shape index (κ3) is 3.48. The molecule has 0 unspecified atom stereocenters. The van der Waals surface area contributed by atoms with E-state index in [0.717, 1.165) is 60.8 Å². The molecule has 0 amide bonds. The number of aromatic nitrogens is 3. The van der Waals surface area contributed by atoms with E-state index in [4.69, 9.17) is 9.26 Å². The van der Waals surface area contributed by atoms with E-state index >= 15 is 0 Å². The minimum absolute atomic E-state index is 0.391. The smallest absolute Gasteiger partial charge is 0.340 e. The van der Waals surface area contributed by atoms with E-state index in [0.29, 0.717) is 5.56 Å². The fourth-order valence-corrected chi connectivity index (χ4v) is 3.43. The average Bonchev–Trinajstić information content (AvgIpc) is 3.11. The molecule has 1 aliphatic heterocycles. The average molecular weight is 367 g/mol. The van der Waals surface area contributed by atoms with Crippen LogP contribution in [0.5, 0.6) is 0 Å². The molecule has 0 spiro atoms. The Morgan fingerprint density at radius 3 is 2.74 bits per heavy atom. The first-order valence-electron chi connectivity index (χ1n) is 8.86. The molecule has 0 radical (unpaired) electrons. The second-order valence-electron chi connectivity index (χ2n) is 6.61. The van der Waals surface area contributed by atoms with Gasteiger partial charge in [0.2, 0.25) is 0 Å². The topological polar surface area (TPSA) is 84.6 Å². The van der Waals surface area contributed by atoms with E-state index in [9.17, 15) is 4.79 Å². The van der Waals surface area contributed by atoms with Crippen LogP contribution in [0.25, 0.3) is 10.8 Å². The van der Waals surface area contributed by atoms with Gasteiger partial charge in [0.05, 0.1) is 24.9 Å². The van der Waals surface area contributed by atoms with Gasteiger partial charge in [0.1, 0.15) is 5.82 Å². The lowest BCUT2D eigenvalue weighted by Gasteiger charge is -2.35. The van der Waals surface area contributed by atoms with Crippen LogP contribution in [0.1, 0.15) is 21.8 Å². The Balaban J connectivity index is 1.53. The number of fused-ring (bicyclic) bond motifs is 1. The molecule has 0 N–H and O–H groups in total. The highest BCUT2D eigenvalue weighted by molar-refractivity contribution is 6.06. The third-order valence-electron chi connectivity index (χ3n) is 4.80. The maximum atomic E-state index is 12.0. The van der Waals surface area contributed by atoms with Crippen molar-refractivity contribution in [2.75, 3.05) is 38.2 Å². The van der Waals surface area contributed by atoms with Crippen molar-refractivity contribution in [3.63, 3.8) is 0 Å². The molecule has 0 aliphatic carbocycles. The molecular formula is C19H21N5O3. The van der Waals surface area contributed by atoms with Gasteiger partial charge in [-0.25, -0.2) is 9.78 Å². The van der Waals surface area contributed by atoms with Gasteiger partial charge in [-0.15, -0.1) is 0 Å². The number of rotatable bonds is 4. The molecule has 3 aromatic rings. The summed E-state index contributed by atoms with van der Waals surface area (Å²) < 4.78 is 10.2. The molecule has 1 fully saturated rings. The zero-order valence-electron chi connectivity index (χ0n) is 15.4. The fraction of sp³-hybridized carbons (Fsp3) is 0.368. The van der Waals surface area contributed by atoms with Crippen LogP contribution in [-0.2, 0) is 11.3 Å². The van der Waals surface area contributed by atoms with Crippen molar-refractivity contribution in [1.29, 1.82) is 0 Å². The number of carbonyl (C=O) groups excluding carboxylic acids is 1. The molecule has 140 valence electrons. The normalized spacial score (nSPS) is 15.3. The van der Waals surface area contributed by atoms with Gasteiger partial charge in [0.25, 0.3) is 0 Å². The molecule has 8 heteroatoms. The van der Waals surface area contributed by atoms with E-state index in [1.54, 1.807) is 12.4 Å². The summed E-state index contributed by atoms with van der Waals surface area (Å²) in [7, 11) is 1.37. The number of anilines is 1. The summed E-state index contributed by atoms with van der Waals surface area (Å²) >= 11 is 0. The lowest BCUT2D eigenvalue weighted by atomic mass is 10.1. The number of ether oxygens (including phenoxy) is 1. The van der Waals surface area contributed by atoms with Gasteiger partial charge in [0, 0.05) is 61.6 Å². The number of methoxy groups -OCH3 is 1. The zero-order valence-corrected chi connectivity index (χ0v) is 15.4. The van der Waals surface area contributed by atoms with Crippen LogP contribution in [0.4, 0.5) is 5.82 Å². The highest BCUT2D eigenvalue weighted by atomic mass is 16.5. The summed E-state index contributed by atoms with van der Waals surface area (Å²) in [4.78, 5) is 25.3. The molecule has 8 nitrogen and oxygen atoms in total. The molecular weight excluding hydrogens is 346 g/mol. The lowest BCUT2D eigenvalue weighted by Crippen LogP contribution is -2.46. The third-order valence-corrected chi connectivity index (χ3v) is 4.80. The van der Waals surface area contributed by atoms with Gasteiger partial charge in [-0.05, 0) is 13.0 Å². The Labute approximate surface area is 156 Å². The summed E-state index contributed by atoms with van der Waals surface area (Å²) in [5, 5.41) is 5.61. The van der Waals surface area contributed by atoms with Gasteiger partial charge in [0.15, 0.2) is 5.76 Å². The summed E-state index contributed by atoms with van der Waals surface area (Å²) in [6.45, 7) is 6.13. The number of aryl methyl sites for hydroxylation is 1. The Hall–Kier alpha value is -3.00. The van der Waals surface area contributed by atoms with Gasteiger partial charge >= 0.3 is 5.97 Å². The van der Waals surface area contributed by atoms with Crippen molar-refractivity contribution >= 4 is 22.6 Å². The minimum atomic E-state index is -0.391. The first-order valence-corrected chi connectivity index (χ1v) is 8.86. The van der Waals surface area contributed by atoms with Crippen molar-refractivity contribution in [1.82, 2.24) is 20.0 Å². The summed E-state index contributed by atoms with van der Waals surface area (Å²) in [5.74, 6) is 1.34. The van der Waals surface area contributed by atoms with Crippen molar-refractivity contribution in [3.05, 3.63) is 47.7 Å². The molecule has 27 heavy (non-hydrogen) atoms. The number of pyridine rings is 2. The first kappa shape index (κ1) is 17.4. The van der Waals surface area contributed by atoms with E-state index in [2.05, 4.69) is 24.9 Å². The van der Waals surface area contributed by atoms with E-state index < -0.39 is 5.97 Å². The summed E-state index contributed by atoms with van der Waals surface area (Å²) in [6, 6.07) is 3.80. The van der Waals surface area contributed by atoms with Crippen LogP contribution < -0.4 is 4.90 Å². The second-order valence-corrected chi connectivity index (χ2v) is 6.61. The molecule has 1 saturated heterocycles. The van der Waals surface area contributed by atoms with Crippen molar-refractivity contribution in [2.24, 2.45) is 0 Å². The molecule has 1 aliphatic rings. The number of piperazine rings is 1. The SMILES string of the molecule is COC(=O)c1cncc2c(N3CCN(Cc4cc(C)no4)CC3)nccc12. The first-order chi connectivity index (χ1) is 13.2. The van der Waals surface area contributed by atoms with Crippen molar-refractivity contribution in [3.8, 4) is 0 Å². The maximum Gasteiger partial charge on any atom is 0.340 e. The van der Waals surface area contributed by atoms with Crippen molar-refractivity contribution in [2.45, 2.75) is 13.5 Å². The number of carbonyl (C=O) groups is 1. The van der Waals surface area contributed by atoms with E-state index in [-0.39, 0.29) is 0 Å². The Kier molecular flexibility index (Phi) is 4.72. The Morgan fingerprint density at radius 1 is 1.22 bits per heavy atom. The molecule has 3 aromatic heterocycles. The van der Waals surface area contributed by atoms with Gasteiger partial charge in [-0.1, -0.05) is 5.16 Å². The second kappa shape index (κ2) is 7.32. The highest BCUT2D eigenvalue weighted by Crippen LogP contribution is 2.27. The van der Waals surface area contributed by atoms with Crippen molar-refractivity contribution < 1.29 is 14.1 Å². The summed E-state index contributed by atoms with van der Waals surface area (Å²) in [6.07, 6.45) is 5.02. The zero-order chi connectivity index (χ0) is 18.8. The number of nitrogens with zero attached hydrogens (tertiary/aromatic N) is 5. The van der Waals surface area contributed by atoms with Gasteiger partial charge < -0.3 is 14.2 Å². The van der Waals surface area contributed by atoms with Crippen LogP contribution in [0, 0.1) is 6.92 Å². The monoisotopic (exact) mass is 367 g/mol. The fourth-order valence-electron chi connectivity index (χ4n) is 3.43. The Morgan fingerprint density at radius 2 is 2.04 bits per heavy atom. The van der Waals surface area contributed by atoms with Crippen LogP contribution in [0.3, 0.4) is 0 Å². The van der Waals surface area contributed by atoms with Crippen LogP contribution in [0.2, 0.25) is 0 Å². The quantitative estimate of drug-likeness (QED) is 0.648. The van der Waals surface area contributed by atoms with Crippen LogP contribution in [0.15, 0.2) is 35.2 Å². The van der Waals surface area contributed by atoms with Crippen LogP contribution in [-0.4, -0.2) is 59.3 Å². The molecule has 4 heterocycles. The maximum absolute atomic E-state index is 12.0. The number of hydrogen-bond donors (Lipinski definition) is 0. The molecule has 0 aromatic carbocycles. The molecule has 0 saturated carbocycles. The lowest BCUT2D eigenvalue weighted by molar-refractivity contribution is 0.0602. The Bertz CT molecular complexity index is 963. The van der Waals surface area contributed by atoms with E-state index in [1.807, 2.05) is 19.1 Å². The largest absolute Gasteiger partial charge is 0.465 e. The molecule has 0 bridgehead atoms. The number of hydrogen-bond acceptors (Lipinski definition) is 8. The van der Waals surface area contributed by atoms with Gasteiger partial charge in [-0.3, -0.25) is 9.88 Å². The van der Waals surface area contributed by atoms with E-state index in [1.165, 1.54) is 13.3 Å². The molecule has 4 rings (SSSR count).